The Bertz CT molecular complexity index is 1570. The number of aromatic nitrogens is 2. The molecule has 2 saturated heterocycles. The molecule has 0 spiro atoms. The zero-order valence-electron chi connectivity index (χ0n) is 22.8. The van der Waals surface area contributed by atoms with Crippen molar-refractivity contribution < 1.29 is 14.1 Å². The van der Waals surface area contributed by atoms with Crippen molar-refractivity contribution in [2.24, 2.45) is 0 Å². The first-order valence-electron chi connectivity index (χ1n) is 13.8. The highest BCUT2D eigenvalue weighted by Crippen LogP contribution is 2.33. The smallest absolute Gasteiger partial charge is 0.273 e. The average Bonchev–Trinajstić information content (AvgIpc) is 3.68. The van der Waals surface area contributed by atoms with Crippen molar-refractivity contribution in [2.45, 2.75) is 25.7 Å². The van der Waals surface area contributed by atoms with Crippen molar-refractivity contribution in [1.29, 1.82) is 5.26 Å². The highest BCUT2D eigenvalue weighted by molar-refractivity contribution is 7.09. The van der Waals surface area contributed by atoms with Gasteiger partial charge in [-0.05, 0) is 44.0 Å². The van der Waals surface area contributed by atoms with E-state index in [0.717, 1.165) is 42.2 Å². The SMILES string of the molecule is Cc1onc(-c2ccccc2)c1C(=O)N1CCC(c2nc(C(=O)N3CCN(c4ccc(C#N)cc4)CC3)cs2)CC1. The number of rotatable bonds is 5. The fourth-order valence-corrected chi connectivity index (χ4v) is 6.52. The summed E-state index contributed by atoms with van der Waals surface area (Å²) in [4.78, 5) is 37.4. The molecular weight excluding hydrogens is 536 g/mol. The largest absolute Gasteiger partial charge is 0.368 e. The monoisotopic (exact) mass is 566 g/mol. The van der Waals surface area contributed by atoms with Crippen LogP contribution >= 0.6 is 11.3 Å². The molecule has 2 aromatic heterocycles. The van der Waals surface area contributed by atoms with E-state index in [9.17, 15) is 9.59 Å². The molecule has 0 N–H and O–H groups in total. The lowest BCUT2D eigenvalue weighted by atomic mass is 9.96. The molecule has 2 amide bonds. The maximum atomic E-state index is 13.5. The first kappa shape index (κ1) is 26.7. The standard InChI is InChI=1S/C31H30N6O3S/c1-21-27(28(34-40-21)23-5-3-2-4-6-23)31(39)36-13-11-24(12-14-36)29-33-26(20-41-29)30(38)37-17-15-35(16-18-37)25-9-7-22(19-32)8-10-25/h2-10,20,24H,11-18H2,1H3. The topological polar surface area (TPSA) is 107 Å². The zero-order chi connectivity index (χ0) is 28.3. The summed E-state index contributed by atoms with van der Waals surface area (Å²) >= 11 is 1.54. The summed E-state index contributed by atoms with van der Waals surface area (Å²) in [6, 6.07) is 19.3. The van der Waals surface area contributed by atoms with Crippen LogP contribution in [-0.4, -0.2) is 71.0 Å². The van der Waals surface area contributed by atoms with Crippen LogP contribution in [0.2, 0.25) is 0 Å². The Balaban J connectivity index is 1.04. The second kappa shape index (κ2) is 11.6. The minimum absolute atomic E-state index is 0.0315. The van der Waals surface area contributed by atoms with E-state index in [4.69, 9.17) is 14.8 Å². The van der Waals surface area contributed by atoms with Gasteiger partial charge in [0.05, 0.1) is 16.6 Å². The van der Waals surface area contributed by atoms with Gasteiger partial charge in [0.15, 0.2) is 0 Å². The number of amides is 2. The van der Waals surface area contributed by atoms with Gasteiger partial charge in [0.2, 0.25) is 0 Å². The van der Waals surface area contributed by atoms with Crippen LogP contribution in [0.3, 0.4) is 0 Å². The molecule has 9 nitrogen and oxygen atoms in total. The summed E-state index contributed by atoms with van der Waals surface area (Å²) in [6.45, 7) is 5.72. The van der Waals surface area contributed by atoms with Gasteiger partial charge < -0.3 is 19.2 Å². The number of hydrogen-bond acceptors (Lipinski definition) is 8. The van der Waals surface area contributed by atoms with Crippen LogP contribution in [-0.2, 0) is 0 Å². The molecular formula is C31H30N6O3S. The Morgan fingerprint density at radius 2 is 1.61 bits per heavy atom. The van der Waals surface area contributed by atoms with Gasteiger partial charge in [-0.3, -0.25) is 9.59 Å². The fraction of sp³-hybridized carbons (Fsp3) is 0.323. The van der Waals surface area contributed by atoms with Crippen LogP contribution < -0.4 is 4.90 Å². The molecule has 4 aromatic rings. The number of nitriles is 1. The molecule has 41 heavy (non-hydrogen) atoms. The van der Waals surface area contributed by atoms with Gasteiger partial charge in [-0.25, -0.2) is 4.98 Å². The lowest BCUT2D eigenvalue weighted by Gasteiger charge is -2.35. The molecule has 2 aliphatic heterocycles. The van der Waals surface area contributed by atoms with Gasteiger partial charge in [0.1, 0.15) is 22.7 Å². The van der Waals surface area contributed by atoms with Crippen LogP contribution in [0.1, 0.15) is 55.9 Å². The van der Waals surface area contributed by atoms with Gasteiger partial charge in [-0.2, -0.15) is 5.26 Å². The Hall–Kier alpha value is -4.49. The van der Waals surface area contributed by atoms with Gasteiger partial charge in [-0.15, -0.1) is 11.3 Å². The van der Waals surface area contributed by atoms with Crippen molar-refractivity contribution in [3.8, 4) is 17.3 Å². The molecule has 0 aliphatic carbocycles. The third-order valence-corrected chi connectivity index (χ3v) is 8.93. The minimum atomic E-state index is -0.0591. The first-order valence-corrected chi connectivity index (χ1v) is 14.7. The van der Waals surface area contributed by atoms with Gasteiger partial charge in [0.25, 0.3) is 11.8 Å². The Kier molecular flexibility index (Phi) is 7.53. The van der Waals surface area contributed by atoms with E-state index in [-0.39, 0.29) is 17.7 Å². The van der Waals surface area contributed by atoms with Crippen LogP contribution in [0.15, 0.2) is 64.5 Å². The summed E-state index contributed by atoms with van der Waals surface area (Å²) in [5.74, 6) is 0.653. The van der Waals surface area contributed by atoms with Crippen molar-refractivity contribution in [3.63, 3.8) is 0 Å². The number of aryl methyl sites for hydroxylation is 1. The summed E-state index contributed by atoms with van der Waals surface area (Å²) in [6.07, 6.45) is 1.59. The first-order chi connectivity index (χ1) is 20.0. The lowest BCUT2D eigenvalue weighted by Crippen LogP contribution is -2.48. The van der Waals surface area contributed by atoms with E-state index in [0.29, 0.717) is 54.5 Å². The third kappa shape index (κ3) is 5.45. The van der Waals surface area contributed by atoms with Crippen molar-refractivity contribution in [1.82, 2.24) is 19.9 Å². The molecule has 6 rings (SSSR count). The second-order valence-corrected chi connectivity index (χ2v) is 11.3. The van der Waals surface area contributed by atoms with Crippen molar-refractivity contribution in [2.75, 3.05) is 44.2 Å². The maximum Gasteiger partial charge on any atom is 0.273 e. The van der Waals surface area contributed by atoms with Crippen LogP contribution in [0.4, 0.5) is 5.69 Å². The normalized spacial score (nSPS) is 16.0. The maximum absolute atomic E-state index is 13.5. The highest BCUT2D eigenvalue weighted by Gasteiger charge is 2.31. The zero-order valence-corrected chi connectivity index (χ0v) is 23.6. The average molecular weight is 567 g/mol. The van der Waals surface area contributed by atoms with Crippen LogP contribution in [0.25, 0.3) is 11.3 Å². The second-order valence-electron chi connectivity index (χ2n) is 10.4. The summed E-state index contributed by atoms with van der Waals surface area (Å²) < 4.78 is 5.41. The van der Waals surface area contributed by atoms with E-state index >= 15 is 0 Å². The number of benzene rings is 2. The van der Waals surface area contributed by atoms with Gasteiger partial charge in [-0.1, -0.05) is 35.5 Å². The Morgan fingerprint density at radius 3 is 2.29 bits per heavy atom. The summed E-state index contributed by atoms with van der Waals surface area (Å²) in [5.41, 5.74) is 4.17. The molecule has 0 radical (unpaired) electrons. The van der Waals surface area contributed by atoms with Crippen LogP contribution in [0, 0.1) is 18.3 Å². The lowest BCUT2D eigenvalue weighted by molar-refractivity contribution is 0.0711. The van der Waals surface area contributed by atoms with E-state index < -0.39 is 0 Å². The Labute approximate surface area is 242 Å². The number of piperazine rings is 1. The predicted octanol–water partition coefficient (Wildman–Crippen LogP) is 4.96. The molecule has 0 bridgehead atoms. The molecule has 0 atom stereocenters. The minimum Gasteiger partial charge on any atom is -0.368 e. The number of anilines is 1. The Morgan fingerprint density at radius 1 is 0.927 bits per heavy atom. The summed E-state index contributed by atoms with van der Waals surface area (Å²) in [7, 11) is 0. The molecule has 2 aromatic carbocycles. The molecule has 0 unspecified atom stereocenters. The van der Waals surface area contributed by atoms with Crippen molar-refractivity contribution in [3.05, 3.63) is 87.6 Å². The van der Waals surface area contributed by atoms with Crippen molar-refractivity contribution >= 4 is 28.8 Å². The fourth-order valence-electron chi connectivity index (χ4n) is 5.55. The quantitative estimate of drug-likeness (QED) is 0.336. The molecule has 2 fully saturated rings. The van der Waals surface area contributed by atoms with E-state index in [1.807, 2.05) is 69.8 Å². The highest BCUT2D eigenvalue weighted by atomic mass is 32.1. The summed E-state index contributed by atoms with van der Waals surface area (Å²) in [5, 5.41) is 16.0. The molecule has 2 aliphatic rings. The van der Waals surface area contributed by atoms with Gasteiger partial charge in [0, 0.05) is 61.8 Å². The van der Waals surface area contributed by atoms with Crippen LogP contribution in [0.5, 0.6) is 0 Å². The predicted molar refractivity (Wildman–Crippen MR) is 156 cm³/mol. The number of nitrogens with zero attached hydrogens (tertiary/aromatic N) is 6. The number of likely N-dealkylation sites (tertiary alicyclic amines) is 1. The molecule has 208 valence electrons. The van der Waals surface area contributed by atoms with E-state index in [1.165, 1.54) is 11.3 Å². The van der Waals surface area contributed by atoms with E-state index in [2.05, 4.69) is 16.1 Å². The number of carbonyl (C=O) groups is 2. The molecule has 0 saturated carbocycles. The number of piperidine rings is 1. The number of carbonyl (C=O) groups excluding carboxylic acids is 2. The number of thiazole rings is 1. The number of hydrogen-bond donors (Lipinski definition) is 0. The van der Waals surface area contributed by atoms with Gasteiger partial charge >= 0.3 is 0 Å². The molecule has 4 heterocycles. The van der Waals surface area contributed by atoms with E-state index in [1.54, 1.807) is 6.92 Å². The molecule has 10 heteroatoms. The third-order valence-electron chi connectivity index (χ3n) is 7.92.